The Morgan fingerprint density at radius 1 is 1.71 bits per heavy atom. The van der Waals surface area contributed by atoms with Crippen LogP contribution in [0.4, 0.5) is 0 Å². The van der Waals surface area contributed by atoms with Gasteiger partial charge in [0.1, 0.15) is 5.69 Å². The van der Waals surface area contributed by atoms with Crippen LogP contribution < -0.4 is 0 Å². The molecule has 0 N–H and O–H groups in total. The van der Waals surface area contributed by atoms with Crippen molar-refractivity contribution in [3.05, 3.63) is 16.4 Å². The Balaban J connectivity index is 2.36. The van der Waals surface area contributed by atoms with E-state index in [1.54, 1.807) is 10.9 Å². The number of ketones is 1. The molecule has 76 valence electrons. The van der Waals surface area contributed by atoms with Gasteiger partial charge in [-0.1, -0.05) is 6.92 Å². The van der Waals surface area contributed by atoms with E-state index in [4.69, 9.17) is 0 Å². The van der Waals surface area contributed by atoms with Gasteiger partial charge in [0.15, 0.2) is 5.78 Å². The highest BCUT2D eigenvalue weighted by atomic mass is 79.9. The molecule has 1 fully saturated rings. The normalized spacial score (nSPS) is 18.2. The van der Waals surface area contributed by atoms with Gasteiger partial charge in [-0.3, -0.25) is 9.48 Å². The molecule has 1 heterocycles. The molecule has 0 unspecified atom stereocenters. The molecule has 0 radical (unpaired) electrons. The number of hydrogen-bond acceptors (Lipinski definition) is 2. The van der Waals surface area contributed by atoms with Crippen LogP contribution >= 0.6 is 15.9 Å². The maximum Gasteiger partial charge on any atom is 0.188 e. The van der Waals surface area contributed by atoms with E-state index in [2.05, 4.69) is 28.0 Å². The van der Waals surface area contributed by atoms with Gasteiger partial charge in [-0.2, -0.15) is 5.10 Å². The van der Waals surface area contributed by atoms with E-state index in [0.29, 0.717) is 5.69 Å². The summed E-state index contributed by atoms with van der Waals surface area (Å²) in [6, 6.07) is 0. The van der Waals surface area contributed by atoms with E-state index in [1.165, 1.54) is 0 Å². The molecule has 2 rings (SSSR count). The highest BCUT2D eigenvalue weighted by Gasteiger charge is 2.49. The standard InChI is InChI=1S/C10H13BrN2O/c1-3-10(4-5-10)9(14)8-7(11)6-12-13(8)2/h6H,3-5H2,1-2H3. The van der Waals surface area contributed by atoms with E-state index in [9.17, 15) is 4.79 Å². The largest absolute Gasteiger partial charge is 0.292 e. The summed E-state index contributed by atoms with van der Waals surface area (Å²) < 4.78 is 2.46. The lowest BCUT2D eigenvalue weighted by atomic mass is 9.95. The predicted octanol–water partition coefficient (Wildman–Crippen LogP) is 2.56. The molecule has 1 saturated carbocycles. The van der Waals surface area contributed by atoms with Crippen LogP contribution in [0.15, 0.2) is 10.7 Å². The molecule has 1 aromatic heterocycles. The van der Waals surface area contributed by atoms with Gasteiger partial charge in [0.05, 0.1) is 10.7 Å². The van der Waals surface area contributed by atoms with Crippen molar-refractivity contribution >= 4 is 21.7 Å². The number of nitrogens with zero attached hydrogens (tertiary/aromatic N) is 2. The maximum absolute atomic E-state index is 12.2. The fraction of sp³-hybridized carbons (Fsp3) is 0.600. The van der Waals surface area contributed by atoms with Gasteiger partial charge in [-0.15, -0.1) is 0 Å². The molecule has 0 atom stereocenters. The molecule has 0 spiro atoms. The summed E-state index contributed by atoms with van der Waals surface area (Å²) in [6.07, 6.45) is 4.67. The van der Waals surface area contributed by atoms with Crippen molar-refractivity contribution in [1.82, 2.24) is 9.78 Å². The minimum atomic E-state index is -0.0731. The minimum Gasteiger partial charge on any atom is -0.292 e. The lowest BCUT2D eigenvalue weighted by Crippen LogP contribution is -2.18. The molecular formula is C10H13BrN2O. The molecule has 1 aliphatic carbocycles. The molecule has 0 aromatic carbocycles. The van der Waals surface area contributed by atoms with Crippen molar-refractivity contribution in [2.24, 2.45) is 12.5 Å². The summed E-state index contributed by atoms with van der Waals surface area (Å²) in [5, 5.41) is 4.06. The van der Waals surface area contributed by atoms with E-state index in [0.717, 1.165) is 23.7 Å². The van der Waals surface area contributed by atoms with Crippen LogP contribution in [-0.4, -0.2) is 15.6 Å². The zero-order chi connectivity index (χ0) is 10.3. The molecule has 3 nitrogen and oxygen atoms in total. The van der Waals surface area contributed by atoms with Crippen LogP contribution in [0.5, 0.6) is 0 Å². The quantitative estimate of drug-likeness (QED) is 0.780. The lowest BCUT2D eigenvalue weighted by Gasteiger charge is -2.11. The summed E-state index contributed by atoms with van der Waals surface area (Å²) >= 11 is 3.36. The third-order valence-electron chi connectivity index (χ3n) is 3.12. The fourth-order valence-electron chi connectivity index (χ4n) is 1.81. The van der Waals surface area contributed by atoms with Gasteiger partial charge >= 0.3 is 0 Å². The van der Waals surface area contributed by atoms with Crippen molar-refractivity contribution in [3.63, 3.8) is 0 Å². The highest BCUT2D eigenvalue weighted by Crippen LogP contribution is 2.51. The second kappa shape index (κ2) is 3.19. The highest BCUT2D eigenvalue weighted by molar-refractivity contribution is 9.10. The Labute approximate surface area is 91.6 Å². The topological polar surface area (TPSA) is 34.9 Å². The first-order valence-electron chi connectivity index (χ1n) is 4.83. The van der Waals surface area contributed by atoms with Crippen LogP contribution in [0, 0.1) is 5.41 Å². The number of aromatic nitrogens is 2. The van der Waals surface area contributed by atoms with Crippen molar-refractivity contribution in [2.75, 3.05) is 0 Å². The summed E-state index contributed by atoms with van der Waals surface area (Å²) in [6.45, 7) is 2.08. The van der Waals surface area contributed by atoms with E-state index in [-0.39, 0.29) is 11.2 Å². The van der Waals surface area contributed by atoms with Crippen molar-refractivity contribution in [2.45, 2.75) is 26.2 Å². The zero-order valence-electron chi connectivity index (χ0n) is 8.38. The number of carbonyl (C=O) groups is 1. The summed E-state index contributed by atoms with van der Waals surface area (Å²) in [5.41, 5.74) is 0.639. The number of Topliss-reactive ketones (excluding diaryl/α,β-unsaturated/α-hetero) is 1. The summed E-state index contributed by atoms with van der Waals surface area (Å²) in [5.74, 6) is 0.242. The second-order valence-corrected chi connectivity index (χ2v) is 4.78. The first-order valence-corrected chi connectivity index (χ1v) is 5.62. The molecule has 14 heavy (non-hydrogen) atoms. The van der Waals surface area contributed by atoms with E-state index < -0.39 is 0 Å². The Hall–Kier alpha value is -0.640. The molecular weight excluding hydrogens is 244 g/mol. The fourth-order valence-corrected chi connectivity index (χ4v) is 2.34. The van der Waals surface area contributed by atoms with Crippen molar-refractivity contribution in [3.8, 4) is 0 Å². The van der Waals surface area contributed by atoms with Crippen LogP contribution in [0.2, 0.25) is 0 Å². The molecule has 0 amide bonds. The zero-order valence-corrected chi connectivity index (χ0v) is 9.97. The first kappa shape index (κ1) is 9.90. The van der Waals surface area contributed by atoms with E-state index in [1.807, 2.05) is 7.05 Å². The van der Waals surface area contributed by atoms with Crippen LogP contribution in [0.3, 0.4) is 0 Å². The Morgan fingerprint density at radius 3 is 2.71 bits per heavy atom. The molecule has 1 aromatic rings. The van der Waals surface area contributed by atoms with Gasteiger partial charge in [0.2, 0.25) is 0 Å². The predicted molar refractivity (Wildman–Crippen MR) is 57.2 cm³/mol. The van der Waals surface area contributed by atoms with Gasteiger partial charge in [0, 0.05) is 12.5 Å². The Morgan fingerprint density at radius 2 is 2.36 bits per heavy atom. The maximum atomic E-state index is 12.2. The number of aryl methyl sites for hydroxylation is 1. The SMILES string of the molecule is CCC1(C(=O)c2c(Br)cnn2C)CC1. The molecule has 0 saturated heterocycles. The van der Waals surface area contributed by atoms with Gasteiger partial charge in [0.25, 0.3) is 0 Å². The van der Waals surface area contributed by atoms with Crippen LogP contribution in [0.1, 0.15) is 36.7 Å². The Bertz CT molecular complexity index is 360. The molecule has 4 heteroatoms. The lowest BCUT2D eigenvalue weighted by molar-refractivity contribution is 0.0885. The molecule has 0 aliphatic heterocycles. The number of rotatable bonds is 3. The van der Waals surface area contributed by atoms with Gasteiger partial charge in [-0.25, -0.2) is 0 Å². The smallest absolute Gasteiger partial charge is 0.188 e. The molecule has 0 bridgehead atoms. The average Bonchev–Trinajstić information content (AvgIpc) is 2.89. The molecule has 1 aliphatic rings. The number of halogens is 1. The monoisotopic (exact) mass is 256 g/mol. The third kappa shape index (κ3) is 1.32. The van der Waals surface area contributed by atoms with Gasteiger partial charge in [-0.05, 0) is 35.2 Å². The Kier molecular flexibility index (Phi) is 2.26. The van der Waals surface area contributed by atoms with Crippen molar-refractivity contribution in [1.29, 1.82) is 0 Å². The van der Waals surface area contributed by atoms with E-state index >= 15 is 0 Å². The van der Waals surface area contributed by atoms with Crippen molar-refractivity contribution < 1.29 is 4.79 Å². The first-order chi connectivity index (χ1) is 6.60. The minimum absolute atomic E-state index is 0.0731. The third-order valence-corrected chi connectivity index (χ3v) is 3.70. The summed E-state index contributed by atoms with van der Waals surface area (Å²) in [7, 11) is 1.81. The van der Waals surface area contributed by atoms with Crippen LogP contribution in [-0.2, 0) is 7.05 Å². The summed E-state index contributed by atoms with van der Waals surface area (Å²) in [4.78, 5) is 12.2. The average molecular weight is 257 g/mol. The number of hydrogen-bond donors (Lipinski definition) is 0. The van der Waals surface area contributed by atoms with Crippen LogP contribution in [0.25, 0.3) is 0 Å². The second-order valence-electron chi connectivity index (χ2n) is 3.93. The van der Waals surface area contributed by atoms with Gasteiger partial charge < -0.3 is 0 Å². The number of carbonyl (C=O) groups excluding carboxylic acids is 1.